The molecule has 0 aromatic heterocycles. The summed E-state index contributed by atoms with van der Waals surface area (Å²) in [4.78, 5) is 0. The average Bonchev–Trinajstić information content (AvgIpc) is 2.84. The monoisotopic (exact) mass is 255 g/mol. The lowest BCUT2D eigenvalue weighted by Crippen LogP contribution is -2.02. The van der Waals surface area contributed by atoms with Crippen LogP contribution in [0.15, 0.2) is 78.9 Å². The molecule has 3 aromatic carbocycles. The molecule has 1 aliphatic carbocycles. The van der Waals surface area contributed by atoms with Gasteiger partial charge >= 0.3 is 0 Å². The third-order valence-corrected chi connectivity index (χ3v) is 4.02. The summed E-state index contributed by atoms with van der Waals surface area (Å²) in [6.45, 7) is 0. The smallest absolute Gasteiger partial charge is 0.0396 e. The highest BCUT2D eigenvalue weighted by Crippen LogP contribution is 2.45. The van der Waals surface area contributed by atoms with E-state index in [0.717, 1.165) is 6.42 Å². The standard InChI is InChI=1S/C20H15/c1-2-8-15(9-3-1)14-20-18-12-6-4-10-16(18)17-11-5-7-13-19(17)20/h1-13H,14H2. The normalized spacial score (nSPS) is 13.0. The van der Waals surface area contributed by atoms with Gasteiger partial charge in [0.15, 0.2) is 0 Å². The van der Waals surface area contributed by atoms with E-state index in [0.29, 0.717) is 0 Å². The Morgan fingerprint density at radius 1 is 0.450 bits per heavy atom. The van der Waals surface area contributed by atoms with E-state index >= 15 is 0 Å². The lowest BCUT2D eigenvalue weighted by molar-refractivity contribution is 1.05. The number of hydrogen-bond acceptors (Lipinski definition) is 0. The van der Waals surface area contributed by atoms with Crippen LogP contribution in [-0.4, -0.2) is 0 Å². The summed E-state index contributed by atoms with van der Waals surface area (Å²) >= 11 is 0. The maximum atomic E-state index is 2.24. The van der Waals surface area contributed by atoms with Crippen molar-refractivity contribution in [3.8, 4) is 11.1 Å². The summed E-state index contributed by atoms with van der Waals surface area (Å²) in [5.41, 5.74) is 6.88. The van der Waals surface area contributed by atoms with Crippen molar-refractivity contribution in [2.45, 2.75) is 6.42 Å². The highest BCUT2D eigenvalue weighted by Gasteiger charge is 2.28. The van der Waals surface area contributed by atoms with Crippen LogP contribution < -0.4 is 0 Å². The topological polar surface area (TPSA) is 0 Å². The first-order valence-corrected chi connectivity index (χ1v) is 7.02. The quantitative estimate of drug-likeness (QED) is 0.612. The summed E-state index contributed by atoms with van der Waals surface area (Å²) < 4.78 is 0. The molecule has 0 atom stereocenters. The zero-order chi connectivity index (χ0) is 13.4. The average molecular weight is 255 g/mol. The van der Waals surface area contributed by atoms with Crippen LogP contribution in [0.5, 0.6) is 0 Å². The lowest BCUT2D eigenvalue weighted by atomic mass is 9.90. The van der Waals surface area contributed by atoms with E-state index < -0.39 is 0 Å². The Balaban J connectivity index is 1.83. The minimum absolute atomic E-state index is 0.995. The minimum atomic E-state index is 0.995. The van der Waals surface area contributed by atoms with Crippen molar-refractivity contribution in [3.63, 3.8) is 0 Å². The van der Waals surface area contributed by atoms with E-state index in [9.17, 15) is 0 Å². The molecule has 20 heavy (non-hydrogen) atoms. The molecule has 4 rings (SSSR count). The molecule has 0 amide bonds. The van der Waals surface area contributed by atoms with Crippen LogP contribution in [0.1, 0.15) is 16.7 Å². The van der Waals surface area contributed by atoms with Crippen LogP contribution in [0, 0.1) is 5.92 Å². The minimum Gasteiger partial charge on any atom is -0.0622 e. The van der Waals surface area contributed by atoms with Gasteiger partial charge in [-0.25, -0.2) is 0 Å². The Kier molecular flexibility index (Phi) is 2.67. The predicted octanol–water partition coefficient (Wildman–Crippen LogP) is 4.88. The first-order chi connectivity index (χ1) is 9.93. The maximum Gasteiger partial charge on any atom is 0.0396 e. The van der Waals surface area contributed by atoms with Gasteiger partial charge in [-0.05, 0) is 34.2 Å². The molecule has 95 valence electrons. The fourth-order valence-corrected chi connectivity index (χ4v) is 3.10. The van der Waals surface area contributed by atoms with Crippen LogP contribution >= 0.6 is 0 Å². The predicted molar refractivity (Wildman–Crippen MR) is 83.5 cm³/mol. The van der Waals surface area contributed by atoms with Gasteiger partial charge in [-0.1, -0.05) is 78.9 Å². The van der Waals surface area contributed by atoms with E-state index in [-0.39, 0.29) is 0 Å². The molecule has 0 nitrogen and oxygen atoms in total. The van der Waals surface area contributed by atoms with Crippen molar-refractivity contribution >= 4 is 0 Å². The molecule has 0 bridgehead atoms. The number of benzene rings is 3. The van der Waals surface area contributed by atoms with E-state index in [1.807, 2.05) is 0 Å². The van der Waals surface area contributed by atoms with Crippen molar-refractivity contribution in [2.24, 2.45) is 0 Å². The zero-order valence-corrected chi connectivity index (χ0v) is 11.2. The molecule has 0 heteroatoms. The molecule has 0 saturated carbocycles. The molecule has 0 aliphatic heterocycles. The molecule has 0 N–H and O–H groups in total. The van der Waals surface area contributed by atoms with Gasteiger partial charge in [0.1, 0.15) is 0 Å². The van der Waals surface area contributed by atoms with Crippen LogP contribution in [0.4, 0.5) is 0 Å². The van der Waals surface area contributed by atoms with Crippen LogP contribution in [0.3, 0.4) is 0 Å². The molecule has 0 unspecified atom stereocenters. The summed E-state index contributed by atoms with van der Waals surface area (Å²) in [7, 11) is 0. The van der Waals surface area contributed by atoms with Gasteiger partial charge in [0.25, 0.3) is 0 Å². The molecule has 3 aromatic rings. The first kappa shape index (κ1) is 11.5. The van der Waals surface area contributed by atoms with Crippen LogP contribution in [0.2, 0.25) is 0 Å². The number of hydrogen-bond donors (Lipinski definition) is 0. The van der Waals surface area contributed by atoms with Crippen molar-refractivity contribution < 1.29 is 0 Å². The molecular weight excluding hydrogens is 240 g/mol. The lowest BCUT2D eigenvalue weighted by Gasteiger charge is -2.12. The Labute approximate surface area is 119 Å². The molecular formula is C20H15. The van der Waals surface area contributed by atoms with E-state index in [4.69, 9.17) is 0 Å². The molecule has 1 radical (unpaired) electrons. The fourth-order valence-electron chi connectivity index (χ4n) is 3.10. The highest BCUT2D eigenvalue weighted by atomic mass is 14.3. The van der Waals surface area contributed by atoms with Gasteiger partial charge in [-0.2, -0.15) is 0 Å². The second-order valence-corrected chi connectivity index (χ2v) is 5.23. The Morgan fingerprint density at radius 2 is 0.900 bits per heavy atom. The second kappa shape index (κ2) is 4.64. The van der Waals surface area contributed by atoms with Crippen molar-refractivity contribution in [1.29, 1.82) is 0 Å². The summed E-state index contributed by atoms with van der Waals surface area (Å²) in [5.74, 6) is 1.45. The second-order valence-electron chi connectivity index (χ2n) is 5.23. The number of fused-ring (bicyclic) bond motifs is 3. The van der Waals surface area contributed by atoms with Gasteiger partial charge in [-0.15, -0.1) is 0 Å². The maximum absolute atomic E-state index is 2.24. The molecule has 0 heterocycles. The highest BCUT2D eigenvalue weighted by molar-refractivity contribution is 5.84. The van der Waals surface area contributed by atoms with Gasteiger partial charge in [0, 0.05) is 5.92 Å². The Morgan fingerprint density at radius 3 is 1.45 bits per heavy atom. The SMILES string of the molecule is c1ccc(C[C]2c3ccccc3-c3ccccc32)cc1. The molecule has 0 fully saturated rings. The summed E-state index contributed by atoms with van der Waals surface area (Å²) in [5, 5.41) is 0. The third-order valence-electron chi connectivity index (χ3n) is 4.02. The Bertz CT molecular complexity index is 695. The first-order valence-electron chi connectivity index (χ1n) is 7.02. The van der Waals surface area contributed by atoms with Crippen LogP contribution in [-0.2, 0) is 6.42 Å². The molecule has 0 saturated heterocycles. The van der Waals surface area contributed by atoms with Gasteiger partial charge in [0.2, 0.25) is 0 Å². The van der Waals surface area contributed by atoms with E-state index in [1.165, 1.54) is 33.7 Å². The van der Waals surface area contributed by atoms with Gasteiger partial charge < -0.3 is 0 Å². The molecule has 1 aliphatic rings. The van der Waals surface area contributed by atoms with Gasteiger partial charge in [-0.3, -0.25) is 0 Å². The third kappa shape index (κ3) is 1.77. The van der Waals surface area contributed by atoms with Gasteiger partial charge in [0.05, 0.1) is 0 Å². The van der Waals surface area contributed by atoms with E-state index in [2.05, 4.69) is 78.9 Å². The Hall–Kier alpha value is -2.34. The van der Waals surface area contributed by atoms with Crippen molar-refractivity contribution in [2.75, 3.05) is 0 Å². The van der Waals surface area contributed by atoms with E-state index in [1.54, 1.807) is 0 Å². The van der Waals surface area contributed by atoms with Crippen molar-refractivity contribution in [1.82, 2.24) is 0 Å². The number of rotatable bonds is 2. The summed E-state index contributed by atoms with van der Waals surface area (Å²) in [6.07, 6.45) is 0.995. The van der Waals surface area contributed by atoms with Crippen LogP contribution in [0.25, 0.3) is 11.1 Å². The largest absolute Gasteiger partial charge is 0.0622 e. The van der Waals surface area contributed by atoms with Crippen molar-refractivity contribution in [3.05, 3.63) is 101 Å². The zero-order valence-electron chi connectivity index (χ0n) is 11.2. The summed E-state index contributed by atoms with van der Waals surface area (Å²) in [6, 6.07) is 28.2. The fraction of sp³-hybridized carbons (Fsp3) is 0.0500. The molecule has 0 spiro atoms.